The van der Waals surface area contributed by atoms with Gasteiger partial charge in [0.15, 0.2) is 0 Å². The van der Waals surface area contributed by atoms with Gasteiger partial charge in [0.2, 0.25) is 10.0 Å². The van der Waals surface area contributed by atoms with Crippen LogP contribution in [-0.4, -0.2) is 21.5 Å². The lowest BCUT2D eigenvalue weighted by Gasteiger charge is -2.17. The molecule has 1 atom stereocenters. The maximum atomic E-state index is 12.9. The molecule has 0 aliphatic heterocycles. The Labute approximate surface area is 127 Å². The summed E-state index contributed by atoms with van der Waals surface area (Å²) in [5.41, 5.74) is 0.444. The summed E-state index contributed by atoms with van der Waals surface area (Å²) in [5.74, 6) is -1.29. The molecule has 0 aliphatic rings. The zero-order valence-corrected chi connectivity index (χ0v) is 12.5. The van der Waals surface area contributed by atoms with Gasteiger partial charge in [-0.3, -0.25) is 0 Å². The summed E-state index contributed by atoms with van der Waals surface area (Å²) in [4.78, 5) is 11.7. The van der Waals surface area contributed by atoms with Crippen molar-refractivity contribution in [2.45, 2.75) is 10.9 Å². The summed E-state index contributed by atoms with van der Waals surface area (Å²) in [6.07, 6.45) is 0. The lowest BCUT2D eigenvalue weighted by atomic mass is 10.1. The third-order valence-electron chi connectivity index (χ3n) is 2.97. The first-order chi connectivity index (χ1) is 10.4. The lowest BCUT2D eigenvalue weighted by molar-refractivity contribution is -0.142. The smallest absolute Gasteiger partial charge is 0.328 e. The molecule has 0 amide bonds. The van der Waals surface area contributed by atoms with Crippen LogP contribution in [0, 0.1) is 5.82 Å². The fourth-order valence-electron chi connectivity index (χ4n) is 1.85. The van der Waals surface area contributed by atoms with Crippen LogP contribution < -0.4 is 4.72 Å². The van der Waals surface area contributed by atoms with Crippen molar-refractivity contribution in [2.75, 3.05) is 7.11 Å². The Kier molecular flexibility index (Phi) is 4.89. The topological polar surface area (TPSA) is 72.5 Å². The molecular formula is C15H14FNO4S. The monoisotopic (exact) mass is 323 g/mol. The first-order valence-corrected chi connectivity index (χ1v) is 7.83. The number of halogens is 1. The summed E-state index contributed by atoms with van der Waals surface area (Å²) in [7, 11) is -2.83. The number of benzene rings is 2. The minimum Gasteiger partial charge on any atom is -0.468 e. The summed E-state index contributed by atoms with van der Waals surface area (Å²) in [6, 6.07) is 11.4. The van der Waals surface area contributed by atoms with Gasteiger partial charge in [0.05, 0.1) is 12.0 Å². The number of sulfonamides is 1. The molecule has 2 aromatic carbocycles. The lowest BCUT2D eigenvalue weighted by Crippen LogP contribution is -2.34. The van der Waals surface area contributed by atoms with Crippen molar-refractivity contribution in [2.24, 2.45) is 0 Å². The Morgan fingerprint density at radius 3 is 2.23 bits per heavy atom. The van der Waals surface area contributed by atoms with E-state index in [2.05, 4.69) is 9.46 Å². The molecule has 2 rings (SSSR count). The molecule has 0 aliphatic carbocycles. The molecule has 5 nitrogen and oxygen atoms in total. The standard InChI is InChI=1S/C15H14FNO4S/c1-21-15(18)14(11-5-3-2-4-6-11)17-22(19,20)13-9-7-12(16)8-10-13/h2-10,14,17H,1H3/t14-/m0/s1. The summed E-state index contributed by atoms with van der Waals surface area (Å²) < 4.78 is 44.4. The minimum absolute atomic E-state index is 0.140. The molecule has 0 unspecified atom stereocenters. The summed E-state index contributed by atoms with van der Waals surface area (Å²) in [6.45, 7) is 0. The van der Waals surface area contributed by atoms with Crippen molar-refractivity contribution in [3.05, 3.63) is 66.0 Å². The molecule has 7 heteroatoms. The van der Waals surface area contributed by atoms with Crippen LogP contribution in [0.4, 0.5) is 4.39 Å². The van der Waals surface area contributed by atoms with Crippen LogP contribution in [-0.2, 0) is 19.6 Å². The largest absolute Gasteiger partial charge is 0.468 e. The van der Waals surface area contributed by atoms with Crippen LogP contribution in [0.1, 0.15) is 11.6 Å². The van der Waals surface area contributed by atoms with E-state index in [4.69, 9.17) is 0 Å². The Balaban J connectivity index is 2.34. The molecule has 0 spiro atoms. The van der Waals surface area contributed by atoms with Gasteiger partial charge in [-0.05, 0) is 29.8 Å². The van der Waals surface area contributed by atoms with Gasteiger partial charge in [-0.15, -0.1) is 0 Å². The fourth-order valence-corrected chi connectivity index (χ4v) is 3.03. The number of ether oxygens (including phenoxy) is 1. The average molecular weight is 323 g/mol. The van der Waals surface area contributed by atoms with E-state index in [-0.39, 0.29) is 4.90 Å². The van der Waals surface area contributed by atoms with Gasteiger partial charge >= 0.3 is 5.97 Å². The van der Waals surface area contributed by atoms with Crippen LogP contribution >= 0.6 is 0 Å². The summed E-state index contributed by atoms with van der Waals surface area (Å²) >= 11 is 0. The highest BCUT2D eigenvalue weighted by Gasteiger charge is 2.27. The highest BCUT2D eigenvalue weighted by atomic mass is 32.2. The molecule has 0 radical (unpaired) electrons. The molecule has 0 fully saturated rings. The van der Waals surface area contributed by atoms with Crippen molar-refractivity contribution in [1.29, 1.82) is 0 Å². The van der Waals surface area contributed by atoms with Gasteiger partial charge in [0.1, 0.15) is 11.9 Å². The number of carbonyl (C=O) groups excluding carboxylic acids is 1. The quantitative estimate of drug-likeness (QED) is 0.855. The Morgan fingerprint density at radius 2 is 1.68 bits per heavy atom. The van der Waals surface area contributed by atoms with Gasteiger partial charge in [0, 0.05) is 0 Å². The SMILES string of the molecule is COC(=O)[C@@H](NS(=O)(=O)c1ccc(F)cc1)c1ccccc1. The zero-order valence-electron chi connectivity index (χ0n) is 11.7. The maximum Gasteiger partial charge on any atom is 0.328 e. The van der Waals surface area contributed by atoms with Crippen molar-refractivity contribution >= 4 is 16.0 Å². The van der Waals surface area contributed by atoms with Gasteiger partial charge in [-0.2, -0.15) is 4.72 Å². The average Bonchev–Trinajstić information content (AvgIpc) is 2.53. The van der Waals surface area contributed by atoms with E-state index in [0.29, 0.717) is 5.56 Å². The van der Waals surface area contributed by atoms with E-state index >= 15 is 0 Å². The van der Waals surface area contributed by atoms with Crippen LogP contribution in [0.5, 0.6) is 0 Å². The summed E-state index contributed by atoms with van der Waals surface area (Å²) in [5, 5.41) is 0. The van der Waals surface area contributed by atoms with Gasteiger partial charge in [0.25, 0.3) is 0 Å². The molecule has 116 valence electrons. The van der Waals surface area contributed by atoms with Crippen LogP contribution in [0.15, 0.2) is 59.5 Å². The highest BCUT2D eigenvalue weighted by molar-refractivity contribution is 7.89. The van der Waals surface area contributed by atoms with Crippen LogP contribution in [0.3, 0.4) is 0 Å². The van der Waals surface area contributed by atoms with Crippen molar-refractivity contribution in [3.63, 3.8) is 0 Å². The van der Waals surface area contributed by atoms with E-state index < -0.39 is 27.9 Å². The van der Waals surface area contributed by atoms with Crippen molar-refractivity contribution < 1.29 is 22.3 Å². The maximum absolute atomic E-state index is 12.9. The van der Waals surface area contributed by atoms with E-state index in [0.717, 1.165) is 24.3 Å². The van der Waals surface area contributed by atoms with E-state index in [1.165, 1.54) is 7.11 Å². The molecule has 1 N–H and O–H groups in total. The number of methoxy groups -OCH3 is 1. The first-order valence-electron chi connectivity index (χ1n) is 6.35. The molecule has 22 heavy (non-hydrogen) atoms. The van der Waals surface area contributed by atoms with Crippen LogP contribution in [0.2, 0.25) is 0 Å². The van der Waals surface area contributed by atoms with E-state index in [9.17, 15) is 17.6 Å². The molecule has 0 saturated heterocycles. The number of esters is 1. The normalized spacial score (nSPS) is 12.6. The molecule has 0 heterocycles. The molecular weight excluding hydrogens is 309 g/mol. The van der Waals surface area contributed by atoms with Crippen molar-refractivity contribution in [1.82, 2.24) is 4.72 Å². The zero-order chi connectivity index (χ0) is 16.2. The Morgan fingerprint density at radius 1 is 1.09 bits per heavy atom. The number of hydrogen-bond donors (Lipinski definition) is 1. The van der Waals surface area contributed by atoms with Gasteiger partial charge in [-0.1, -0.05) is 30.3 Å². The predicted molar refractivity (Wildman–Crippen MR) is 77.9 cm³/mol. The molecule has 2 aromatic rings. The van der Waals surface area contributed by atoms with Crippen molar-refractivity contribution in [3.8, 4) is 0 Å². The predicted octanol–water partition coefficient (Wildman–Crippen LogP) is 2.02. The number of rotatable bonds is 5. The second-order valence-electron chi connectivity index (χ2n) is 4.44. The Bertz CT molecular complexity index is 745. The Hall–Kier alpha value is -2.25. The second kappa shape index (κ2) is 6.67. The van der Waals surface area contributed by atoms with E-state index in [1.807, 2.05) is 0 Å². The molecule has 0 bridgehead atoms. The fraction of sp³-hybridized carbons (Fsp3) is 0.133. The number of hydrogen-bond acceptors (Lipinski definition) is 4. The van der Waals surface area contributed by atoms with Gasteiger partial charge < -0.3 is 4.74 Å². The molecule has 0 aromatic heterocycles. The molecule has 0 saturated carbocycles. The second-order valence-corrected chi connectivity index (χ2v) is 6.16. The third-order valence-corrected chi connectivity index (χ3v) is 4.41. The number of carbonyl (C=O) groups is 1. The van der Waals surface area contributed by atoms with Gasteiger partial charge in [-0.25, -0.2) is 17.6 Å². The highest BCUT2D eigenvalue weighted by Crippen LogP contribution is 2.18. The van der Waals surface area contributed by atoms with E-state index in [1.54, 1.807) is 30.3 Å². The minimum atomic E-state index is -4.00. The number of nitrogens with one attached hydrogen (secondary N) is 1. The first kappa shape index (κ1) is 16.1. The van der Waals surface area contributed by atoms with Crippen LogP contribution in [0.25, 0.3) is 0 Å². The third kappa shape index (κ3) is 3.69.